The van der Waals surface area contributed by atoms with Gasteiger partial charge in [-0.1, -0.05) is 31.6 Å². The van der Waals surface area contributed by atoms with Crippen LogP contribution in [0, 0.1) is 0 Å². The monoisotopic (exact) mass is 292 g/mol. The van der Waals surface area contributed by atoms with Gasteiger partial charge in [0.25, 0.3) is 10.0 Å². The van der Waals surface area contributed by atoms with Gasteiger partial charge in [-0.2, -0.15) is 4.31 Å². The maximum atomic E-state index is 12.4. The van der Waals surface area contributed by atoms with Gasteiger partial charge in [-0.3, -0.25) is 0 Å². The minimum Gasteiger partial charge on any atom is -0.374 e. The van der Waals surface area contributed by atoms with Gasteiger partial charge in [-0.15, -0.1) is 10.2 Å². The fourth-order valence-corrected chi connectivity index (χ4v) is 4.16. The van der Waals surface area contributed by atoms with Crippen LogP contribution in [0.5, 0.6) is 0 Å². The highest BCUT2D eigenvalue weighted by Crippen LogP contribution is 2.24. The molecule has 1 rings (SSSR count). The van der Waals surface area contributed by atoms with Crippen LogP contribution in [0.25, 0.3) is 0 Å². The highest BCUT2D eigenvalue weighted by Gasteiger charge is 2.30. The summed E-state index contributed by atoms with van der Waals surface area (Å²) in [5.41, 5.74) is 5.45. The summed E-state index contributed by atoms with van der Waals surface area (Å²) in [4.78, 5) is 0. The lowest BCUT2D eigenvalue weighted by atomic mass is 10.2. The second-order valence-electron chi connectivity index (χ2n) is 4.13. The molecule has 2 N–H and O–H groups in total. The van der Waals surface area contributed by atoms with Crippen LogP contribution in [0.15, 0.2) is 4.34 Å². The minimum atomic E-state index is -3.57. The predicted molar refractivity (Wildman–Crippen MR) is 72.9 cm³/mol. The molecule has 18 heavy (non-hydrogen) atoms. The quantitative estimate of drug-likeness (QED) is 0.826. The molecule has 0 fully saturated rings. The van der Waals surface area contributed by atoms with E-state index in [2.05, 4.69) is 10.2 Å². The van der Waals surface area contributed by atoms with Crippen molar-refractivity contribution in [3.63, 3.8) is 0 Å². The molecule has 0 aromatic carbocycles. The summed E-state index contributed by atoms with van der Waals surface area (Å²) in [5, 5.41) is 7.39. The molecule has 1 aromatic rings. The third-order valence-corrected chi connectivity index (χ3v) is 5.88. The number of hydrogen-bond acceptors (Lipinski definition) is 6. The minimum absolute atomic E-state index is 0.0172. The van der Waals surface area contributed by atoms with Crippen LogP contribution < -0.4 is 5.73 Å². The van der Waals surface area contributed by atoms with Crippen molar-refractivity contribution < 1.29 is 8.42 Å². The standard InChI is InChI=1S/C10H20N4O2S2/c1-4-6-7-14(8(3)5-2)18(15,16)10-13-12-9(11)17-10/h8H,4-7H2,1-3H3,(H2,11,12). The molecule has 0 saturated carbocycles. The Hall–Kier alpha value is -0.730. The van der Waals surface area contributed by atoms with E-state index in [9.17, 15) is 8.42 Å². The zero-order valence-corrected chi connectivity index (χ0v) is 12.6. The van der Waals surface area contributed by atoms with E-state index >= 15 is 0 Å². The molecule has 1 aromatic heterocycles. The van der Waals surface area contributed by atoms with Gasteiger partial charge in [0.2, 0.25) is 9.47 Å². The summed E-state index contributed by atoms with van der Waals surface area (Å²) in [7, 11) is -3.57. The van der Waals surface area contributed by atoms with Gasteiger partial charge in [0.1, 0.15) is 0 Å². The average molecular weight is 292 g/mol. The smallest absolute Gasteiger partial charge is 0.272 e. The third-order valence-electron chi connectivity index (χ3n) is 2.77. The van der Waals surface area contributed by atoms with Crippen molar-refractivity contribution >= 4 is 26.5 Å². The van der Waals surface area contributed by atoms with E-state index in [4.69, 9.17) is 5.73 Å². The number of rotatable bonds is 7. The Morgan fingerprint density at radius 1 is 1.39 bits per heavy atom. The lowest BCUT2D eigenvalue weighted by molar-refractivity contribution is 0.324. The summed E-state index contributed by atoms with van der Waals surface area (Å²) in [5.74, 6) is 0. The average Bonchev–Trinajstić information content (AvgIpc) is 2.76. The number of sulfonamides is 1. The van der Waals surface area contributed by atoms with Crippen molar-refractivity contribution in [2.24, 2.45) is 0 Å². The zero-order valence-electron chi connectivity index (χ0n) is 11.0. The van der Waals surface area contributed by atoms with Gasteiger partial charge in [-0.25, -0.2) is 8.42 Å². The maximum absolute atomic E-state index is 12.4. The molecule has 1 heterocycles. The molecule has 0 bridgehead atoms. The van der Waals surface area contributed by atoms with E-state index in [0.29, 0.717) is 6.54 Å². The Labute approximate surface area is 112 Å². The van der Waals surface area contributed by atoms with Crippen molar-refractivity contribution in [2.45, 2.75) is 50.4 Å². The lowest BCUT2D eigenvalue weighted by Gasteiger charge is -2.26. The van der Waals surface area contributed by atoms with Gasteiger partial charge >= 0.3 is 0 Å². The lowest BCUT2D eigenvalue weighted by Crippen LogP contribution is -2.39. The van der Waals surface area contributed by atoms with Gasteiger partial charge in [0.05, 0.1) is 0 Å². The van der Waals surface area contributed by atoms with Crippen LogP contribution in [0.3, 0.4) is 0 Å². The van der Waals surface area contributed by atoms with Gasteiger partial charge in [0, 0.05) is 12.6 Å². The van der Waals surface area contributed by atoms with Gasteiger partial charge in [-0.05, 0) is 19.8 Å². The first kappa shape index (κ1) is 15.3. The molecule has 8 heteroatoms. The van der Waals surface area contributed by atoms with E-state index in [0.717, 1.165) is 30.6 Å². The number of hydrogen-bond donors (Lipinski definition) is 1. The third kappa shape index (κ3) is 3.39. The zero-order chi connectivity index (χ0) is 13.8. The Morgan fingerprint density at radius 3 is 2.50 bits per heavy atom. The van der Waals surface area contributed by atoms with E-state index in [1.807, 2.05) is 20.8 Å². The number of nitrogens with two attached hydrogens (primary N) is 1. The van der Waals surface area contributed by atoms with E-state index in [-0.39, 0.29) is 15.5 Å². The molecule has 0 radical (unpaired) electrons. The summed E-state index contributed by atoms with van der Waals surface area (Å²) >= 11 is 0.910. The van der Waals surface area contributed by atoms with Gasteiger partial charge in [0.15, 0.2) is 0 Å². The fourth-order valence-electron chi connectivity index (χ4n) is 1.52. The number of nitrogens with zero attached hydrogens (tertiary/aromatic N) is 3. The first-order valence-corrected chi connectivity index (χ1v) is 8.29. The second kappa shape index (κ2) is 6.44. The fraction of sp³-hybridized carbons (Fsp3) is 0.800. The molecule has 6 nitrogen and oxygen atoms in total. The molecule has 0 aliphatic heterocycles. The predicted octanol–water partition coefficient (Wildman–Crippen LogP) is 1.71. The summed E-state index contributed by atoms with van der Waals surface area (Å²) in [6.45, 7) is 6.41. The van der Waals surface area contributed by atoms with Crippen molar-refractivity contribution in [2.75, 3.05) is 12.3 Å². The number of unbranched alkanes of at least 4 members (excludes halogenated alkanes) is 1. The molecule has 1 unspecified atom stereocenters. The molecular weight excluding hydrogens is 272 g/mol. The molecule has 104 valence electrons. The SMILES string of the molecule is CCCCN(C(C)CC)S(=O)(=O)c1nnc(N)s1. The summed E-state index contributed by atoms with van der Waals surface area (Å²) < 4.78 is 26.3. The van der Waals surface area contributed by atoms with E-state index in [1.165, 1.54) is 4.31 Å². The molecule has 0 aliphatic carbocycles. The van der Waals surface area contributed by atoms with Crippen molar-refractivity contribution in [3.8, 4) is 0 Å². The van der Waals surface area contributed by atoms with Crippen molar-refractivity contribution in [1.29, 1.82) is 0 Å². The molecule has 0 saturated heterocycles. The van der Waals surface area contributed by atoms with Crippen molar-refractivity contribution in [3.05, 3.63) is 0 Å². The van der Waals surface area contributed by atoms with Crippen molar-refractivity contribution in [1.82, 2.24) is 14.5 Å². The number of nitrogen functional groups attached to an aromatic ring is 1. The van der Waals surface area contributed by atoms with Crippen LogP contribution in [0.4, 0.5) is 5.13 Å². The highest BCUT2D eigenvalue weighted by atomic mass is 32.2. The van der Waals surface area contributed by atoms with Crippen LogP contribution in [0.2, 0.25) is 0 Å². The summed E-state index contributed by atoms with van der Waals surface area (Å²) in [6, 6.07) is -0.0494. The molecular formula is C10H20N4O2S2. The Bertz CT molecular complexity index is 472. The van der Waals surface area contributed by atoms with Crippen LogP contribution >= 0.6 is 11.3 Å². The van der Waals surface area contributed by atoms with Crippen LogP contribution in [0.1, 0.15) is 40.0 Å². The summed E-state index contributed by atoms with van der Waals surface area (Å²) in [6.07, 6.45) is 2.54. The normalized spacial score (nSPS) is 14.0. The highest BCUT2D eigenvalue weighted by molar-refractivity contribution is 7.91. The van der Waals surface area contributed by atoms with Crippen LogP contribution in [-0.4, -0.2) is 35.5 Å². The number of aromatic nitrogens is 2. The van der Waals surface area contributed by atoms with Crippen LogP contribution in [-0.2, 0) is 10.0 Å². The van der Waals surface area contributed by atoms with E-state index < -0.39 is 10.0 Å². The topological polar surface area (TPSA) is 89.2 Å². The van der Waals surface area contributed by atoms with E-state index in [1.54, 1.807) is 0 Å². The van der Waals surface area contributed by atoms with Gasteiger partial charge < -0.3 is 5.73 Å². The first-order chi connectivity index (χ1) is 8.43. The first-order valence-electron chi connectivity index (χ1n) is 6.04. The Morgan fingerprint density at radius 2 is 2.06 bits per heavy atom. The molecule has 0 aliphatic rings. The number of anilines is 1. The second-order valence-corrected chi connectivity index (χ2v) is 7.21. The molecule has 1 atom stereocenters. The largest absolute Gasteiger partial charge is 0.374 e. The molecule has 0 spiro atoms. The Kier molecular flexibility index (Phi) is 5.48. The maximum Gasteiger partial charge on any atom is 0.272 e. The molecule has 0 amide bonds. The Balaban J connectivity index is 3.03.